The highest BCUT2D eigenvalue weighted by molar-refractivity contribution is 7.90. The number of hydrogen-bond acceptors (Lipinski definition) is 8. The summed E-state index contributed by atoms with van der Waals surface area (Å²) in [6.07, 6.45) is 0.479. The minimum absolute atomic E-state index is 0.0503. The van der Waals surface area contributed by atoms with Gasteiger partial charge >= 0.3 is 6.09 Å². The zero-order valence-electron chi connectivity index (χ0n) is 18.7. The molecular weight excluding hydrogens is 535 g/mol. The largest absolute Gasteiger partial charge is 0.444 e. The van der Waals surface area contributed by atoms with E-state index in [1.807, 2.05) is 0 Å². The van der Waals surface area contributed by atoms with Gasteiger partial charge in [-0.25, -0.2) is 27.2 Å². The van der Waals surface area contributed by atoms with E-state index in [1.54, 1.807) is 39.0 Å². The summed E-state index contributed by atoms with van der Waals surface area (Å²) in [6.45, 7) is 5.15. The van der Waals surface area contributed by atoms with Crippen LogP contribution < -0.4 is 5.32 Å². The van der Waals surface area contributed by atoms with E-state index in [0.29, 0.717) is 5.39 Å². The number of aliphatic hydroxyl groups excluding tert-OH is 1. The van der Waals surface area contributed by atoms with Gasteiger partial charge in [-0.2, -0.15) is 0 Å². The number of carbonyl (C=O) groups is 1. The Labute approximate surface area is 215 Å². The molecule has 9 nitrogen and oxygen atoms in total. The summed E-state index contributed by atoms with van der Waals surface area (Å²) in [5.41, 5.74) is -0.435. The Morgan fingerprint density at radius 3 is 2.57 bits per heavy atom. The van der Waals surface area contributed by atoms with Crippen molar-refractivity contribution in [1.82, 2.24) is 13.9 Å². The van der Waals surface area contributed by atoms with Crippen LogP contribution in [0.4, 0.5) is 9.93 Å². The van der Waals surface area contributed by atoms with Gasteiger partial charge < -0.3 is 9.84 Å². The molecule has 0 saturated heterocycles. The third-order valence-corrected chi connectivity index (χ3v) is 7.96. The van der Waals surface area contributed by atoms with Crippen molar-refractivity contribution in [2.45, 2.75) is 37.4 Å². The first-order chi connectivity index (χ1) is 16.4. The van der Waals surface area contributed by atoms with Crippen molar-refractivity contribution in [2.24, 2.45) is 0 Å². The Kier molecular flexibility index (Phi) is 6.82. The lowest BCUT2D eigenvalue weighted by atomic mass is 10.1. The SMILES string of the molecule is CC(C)(C)OC(=O)Nc1nc(Cl)c([C@@H](O)c2cn(S(=O)(=O)c3ccccc3)c3ncc(Cl)cc23)s1. The number of rotatable bonds is 5. The topological polar surface area (TPSA) is 123 Å². The number of nitrogens with zero attached hydrogens (tertiary/aromatic N) is 3. The fourth-order valence-corrected chi connectivity index (χ4v) is 5.97. The van der Waals surface area contributed by atoms with Gasteiger partial charge in [0.2, 0.25) is 0 Å². The van der Waals surface area contributed by atoms with Crippen molar-refractivity contribution in [2.75, 3.05) is 5.32 Å². The van der Waals surface area contributed by atoms with Crippen molar-refractivity contribution in [3.8, 4) is 0 Å². The minimum Gasteiger partial charge on any atom is -0.444 e. The molecule has 0 aliphatic heterocycles. The van der Waals surface area contributed by atoms with Crippen LogP contribution in [0.25, 0.3) is 11.0 Å². The summed E-state index contributed by atoms with van der Waals surface area (Å²) in [6, 6.07) is 9.34. The molecule has 1 aromatic carbocycles. The van der Waals surface area contributed by atoms with E-state index >= 15 is 0 Å². The predicted molar refractivity (Wildman–Crippen MR) is 135 cm³/mol. The monoisotopic (exact) mass is 554 g/mol. The van der Waals surface area contributed by atoms with Crippen LogP contribution in [0.5, 0.6) is 0 Å². The molecule has 184 valence electrons. The molecule has 0 unspecified atom stereocenters. The maximum absolute atomic E-state index is 13.3. The molecule has 0 fully saturated rings. The number of pyridine rings is 1. The van der Waals surface area contributed by atoms with E-state index in [1.165, 1.54) is 30.6 Å². The number of fused-ring (bicyclic) bond motifs is 1. The highest BCUT2D eigenvalue weighted by Crippen LogP contribution is 2.39. The number of anilines is 1. The molecule has 2 N–H and O–H groups in total. The van der Waals surface area contributed by atoms with Gasteiger partial charge in [-0.15, -0.1) is 0 Å². The standard InChI is InChI=1S/C22H20Cl2N4O5S2/c1-22(2,3)33-21(30)27-20-26-18(24)17(34-20)16(29)15-11-28(19-14(15)9-12(23)10-25-19)35(31,32)13-7-5-4-6-8-13/h4-11,16,29H,1-3H3,(H,26,27,30)/t16-/m0/s1. The predicted octanol–water partition coefficient (Wildman–Crippen LogP) is 5.47. The average Bonchev–Trinajstić information content (AvgIpc) is 3.32. The Hall–Kier alpha value is -2.70. The maximum Gasteiger partial charge on any atom is 0.413 e. The van der Waals surface area contributed by atoms with Gasteiger partial charge in [-0.3, -0.25) is 5.32 Å². The quantitative estimate of drug-likeness (QED) is 0.335. The van der Waals surface area contributed by atoms with Crippen LogP contribution in [0.15, 0.2) is 53.7 Å². The second-order valence-corrected chi connectivity index (χ2v) is 12.1. The summed E-state index contributed by atoms with van der Waals surface area (Å²) < 4.78 is 32.8. The molecule has 0 saturated carbocycles. The summed E-state index contributed by atoms with van der Waals surface area (Å²) in [4.78, 5) is 20.6. The van der Waals surface area contributed by atoms with Crippen LogP contribution in [-0.4, -0.2) is 39.2 Å². The van der Waals surface area contributed by atoms with Crippen LogP contribution >= 0.6 is 34.5 Å². The minimum atomic E-state index is -4.03. The van der Waals surface area contributed by atoms with Crippen molar-refractivity contribution in [1.29, 1.82) is 0 Å². The third kappa shape index (κ3) is 5.29. The van der Waals surface area contributed by atoms with E-state index in [0.717, 1.165) is 15.3 Å². The Balaban J connectivity index is 1.76. The van der Waals surface area contributed by atoms with Crippen molar-refractivity contribution >= 4 is 66.8 Å². The van der Waals surface area contributed by atoms with Crippen LogP contribution in [0.2, 0.25) is 10.2 Å². The molecule has 0 aliphatic carbocycles. The molecule has 1 amide bonds. The Bertz CT molecular complexity index is 1510. The first kappa shape index (κ1) is 25.4. The number of benzene rings is 1. The lowest BCUT2D eigenvalue weighted by Gasteiger charge is -2.18. The van der Waals surface area contributed by atoms with E-state index < -0.39 is 27.8 Å². The molecule has 4 aromatic rings. The van der Waals surface area contributed by atoms with E-state index in [2.05, 4.69) is 15.3 Å². The van der Waals surface area contributed by atoms with Crippen LogP contribution in [-0.2, 0) is 14.8 Å². The van der Waals surface area contributed by atoms with Crippen LogP contribution in [0.1, 0.15) is 37.3 Å². The van der Waals surface area contributed by atoms with Gasteiger partial charge in [0, 0.05) is 23.3 Å². The van der Waals surface area contributed by atoms with Crippen molar-refractivity contribution < 1.29 is 23.1 Å². The van der Waals surface area contributed by atoms with Crippen LogP contribution in [0, 0.1) is 0 Å². The van der Waals surface area contributed by atoms with E-state index in [4.69, 9.17) is 27.9 Å². The number of nitrogens with one attached hydrogen (secondary N) is 1. The number of amides is 1. The number of ether oxygens (including phenoxy) is 1. The van der Waals surface area contributed by atoms with E-state index in [-0.39, 0.29) is 36.3 Å². The highest BCUT2D eigenvalue weighted by Gasteiger charge is 2.28. The number of carbonyl (C=O) groups excluding carboxylic acids is 1. The van der Waals surface area contributed by atoms with Crippen molar-refractivity contribution in [3.05, 3.63) is 69.4 Å². The fraction of sp³-hybridized carbons (Fsp3) is 0.227. The summed E-state index contributed by atoms with van der Waals surface area (Å²) in [7, 11) is -4.03. The number of aliphatic hydroxyl groups is 1. The summed E-state index contributed by atoms with van der Waals surface area (Å²) in [5, 5.41) is 14.3. The lowest BCUT2D eigenvalue weighted by Crippen LogP contribution is -2.27. The molecule has 0 bridgehead atoms. The molecule has 35 heavy (non-hydrogen) atoms. The van der Waals surface area contributed by atoms with Crippen LogP contribution in [0.3, 0.4) is 0 Å². The molecular formula is C22H20Cl2N4O5S2. The molecule has 1 atom stereocenters. The average molecular weight is 555 g/mol. The molecule has 4 rings (SSSR count). The smallest absolute Gasteiger partial charge is 0.413 e. The second kappa shape index (κ2) is 9.40. The maximum atomic E-state index is 13.3. The first-order valence-electron chi connectivity index (χ1n) is 10.2. The van der Waals surface area contributed by atoms with Gasteiger partial charge in [-0.1, -0.05) is 52.7 Å². The number of halogens is 2. The molecule has 13 heteroatoms. The number of aromatic nitrogens is 3. The van der Waals surface area contributed by atoms with Gasteiger partial charge in [0.25, 0.3) is 10.0 Å². The van der Waals surface area contributed by atoms with Gasteiger partial charge in [0.15, 0.2) is 10.8 Å². The normalized spacial score (nSPS) is 13.1. The van der Waals surface area contributed by atoms with Gasteiger partial charge in [0.05, 0.1) is 14.8 Å². The highest BCUT2D eigenvalue weighted by atomic mass is 35.5. The second-order valence-electron chi connectivity index (χ2n) is 8.43. The molecule has 3 heterocycles. The first-order valence-corrected chi connectivity index (χ1v) is 13.2. The van der Waals surface area contributed by atoms with Gasteiger partial charge in [0.1, 0.15) is 16.9 Å². The third-order valence-electron chi connectivity index (χ3n) is 4.67. The molecule has 0 aliphatic rings. The number of thiazole rings is 1. The zero-order chi connectivity index (χ0) is 25.5. The molecule has 0 radical (unpaired) electrons. The molecule has 3 aromatic heterocycles. The van der Waals surface area contributed by atoms with Gasteiger partial charge in [-0.05, 0) is 39.0 Å². The van der Waals surface area contributed by atoms with Crippen molar-refractivity contribution in [3.63, 3.8) is 0 Å². The zero-order valence-corrected chi connectivity index (χ0v) is 21.8. The lowest BCUT2D eigenvalue weighted by molar-refractivity contribution is 0.0636. The Morgan fingerprint density at radius 2 is 1.91 bits per heavy atom. The molecule has 0 spiro atoms. The fourth-order valence-electron chi connectivity index (χ4n) is 3.25. The summed E-state index contributed by atoms with van der Waals surface area (Å²) in [5.74, 6) is 0. The Morgan fingerprint density at radius 1 is 1.23 bits per heavy atom. The van der Waals surface area contributed by atoms with E-state index in [9.17, 15) is 18.3 Å². The number of hydrogen-bond donors (Lipinski definition) is 2. The summed E-state index contributed by atoms with van der Waals surface area (Å²) >= 11 is 13.3.